The topological polar surface area (TPSA) is 53.0 Å². The molecule has 108 valence electrons. The Morgan fingerprint density at radius 3 is 2.90 bits per heavy atom. The summed E-state index contributed by atoms with van der Waals surface area (Å²) in [5.41, 5.74) is 8.09. The molecule has 0 aromatic heterocycles. The van der Waals surface area contributed by atoms with Crippen LogP contribution in [0.4, 0.5) is 5.69 Å². The summed E-state index contributed by atoms with van der Waals surface area (Å²) in [6, 6.07) is 8.87. The van der Waals surface area contributed by atoms with Gasteiger partial charge >= 0.3 is 0 Å². The quantitative estimate of drug-likeness (QED) is 0.865. The lowest BCUT2D eigenvalue weighted by atomic mass is 9.90. The van der Waals surface area contributed by atoms with Gasteiger partial charge in [-0.25, -0.2) is 0 Å². The Morgan fingerprint density at radius 2 is 2.25 bits per heavy atom. The molecule has 1 saturated heterocycles. The lowest BCUT2D eigenvalue weighted by molar-refractivity contribution is 0.348. The Balaban J connectivity index is 2.28. The summed E-state index contributed by atoms with van der Waals surface area (Å²) in [7, 11) is 0. The highest BCUT2D eigenvalue weighted by Gasteiger charge is 2.27. The number of hydrogen-bond acceptors (Lipinski definition) is 4. The van der Waals surface area contributed by atoms with Gasteiger partial charge in [0.2, 0.25) is 0 Å². The Labute approximate surface area is 126 Å². The molecular formula is C16H23N3S. The van der Waals surface area contributed by atoms with Crippen molar-refractivity contribution in [1.82, 2.24) is 0 Å². The molecule has 0 amide bonds. The molecule has 1 fully saturated rings. The summed E-state index contributed by atoms with van der Waals surface area (Å²) < 4.78 is 0. The molecule has 1 heterocycles. The maximum absolute atomic E-state index is 9.52. The monoisotopic (exact) mass is 289 g/mol. The second-order valence-corrected chi connectivity index (χ2v) is 6.57. The molecule has 2 atom stereocenters. The van der Waals surface area contributed by atoms with Crippen LogP contribution < -0.4 is 10.6 Å². The second kappa shape index (κ2) is 7.01. The second-order valence-electron chi connectivity index (χ2n) is 5.26. The zero-order chi connectivity index (χ0) is 14.5. The lowest BCUT2D eigenvalue weighted by Crippen LogP contribution is -2.47. The molecule has 0 saturated carbocycles. The van der Waals surface area contributed by atoms with Crippen LogP contribution in [0.1, 0.15) is 32.3 Å². The molecule has 3 nitrogen and oxygen atoms in total. The summed E-state index contributed by atoms with van der Waals surface area (Å²) in [6.45, 7) is 6.23. The van der Waals surface area contributed by atoms with Gasteiger partial charge in [0.1, 0.15) is 6.07 Å². The molecule has 20 heavy (non-hydrogen) atoms. The minimum Gasteiger partial charge on any atom is -0.370 e. The summed E-state index contributed by atoms with van der Waals surface area (Å²) in [5, 5.41) is 9.52. The van der Waals surface area contributed by atoms with E-state index in [1.54, 1.807) is 11.8 Å². The molecule has 1 aliphatic heterocycles. The minimum atomic E-state index is 0.301. The van der Waals surface area contributed by atoms with E-state index in [1.165, 1.54) is 0 Å². The van der Waals surface area contributed by atoms with E-state index in [2.05, 4.69) is 36.9 Å². The van der Waals surface area contributed by atoms with Crippen molar-refractivity contribution >= 4 is 17.4 Å². The van der Waals surface area contributed by atoms with Crippen LogP contribution in [0.25, 0.3) is 0 Å². The van der Waals surface area contributed by atoms with Crippen LogP contribution in [0.3, 0.4) is 0 Å². The van der Waals surface area contributed by atoms with Gasteiger partial charge in [-0.15, -0.1) is 11.8 Å². The van der Waals surface area contributed by atoms with E-state index in [0.29, 0.717) is 12.0 Å². The van der Waals surface area contributed by atoms with Crippen LogP contribution >= 0.6 is 11.8 Å². The molecule has 2 rings (SSSR count). The van der Waals surface area contributed by atoms with E-state index in [-0.39, 0.29) is 0 Å². The Kier molecular flexibility index (Phi) is 5.33. The third kappa shape index (κ3) is 3.11. The normalized spacial score (nSPS) is 22.6. The number of benzene rings is 1. The van der Waals surface area contributed by atoms with Crippen LogP contribution in [-0.4, -0.2) is 24.9 Å². The fourth-order valence-corrected chi connectivity index (χ4v) is 3.65. The van der Waals surface area contributed by atoms with Gasteiger partial charge < -0.3 is 10.6 Å². The standard InChI is InChI=1S/C16H23N3S/c1-3-12-11-19(9-8-14(12)18)15-6-5-7-16(20-4-2)13(15)10-17/h5-7,12,14H,3-4,8-9,11,18H2,1-2H3. The summed E-state index contributed by atoms with van der Waals surface area (Å²) >= 11 is 1.74. The average molecular weight is 289 g/mol. The van der Waals surface area contributed by atoms with E-state index >= 15 is 0 Å². The molecule has 2 unspecified atom stereocenters. The molecule has 0 radical (unpaired) electrons. The number of rotatable bonds is 4. The third-order valence-electron chi connectivity index (χ3n) is 4.07. The lowest BCUT2D eigenvalue weighted by Gasteiger charge is -2.38. The van der Waals surface area contributed by atoms with Crippen molar-refractivity contribution in [2.45, 2.75) is 37.6 Å². The Morgan fingerprint density at radius 1 is 1.45 bits per heavy atom. The van der Waals surface area contributed by atoms with Gasteiger partial charge in [-0.1, -0.05) is 26.3 Å². The van der Waals surface area contributed by atoms with Gasteiger partial charge in [0, 0.05) is 24.0 Å². The highest BCUT2D eigenvalue weighted by Crippen LogP contribution is 2.32. The number of piperidine rings is 1. The smallest absolute Gasteiger partial charge is 0.103 e. The Bertz CT molecular complexity index is 495. The van der Waals surface area contributed by atoms with Gasteiger partial charge in [-0.3, -0.25) is 0 Å². The van der Waals surface area contributed by atoms with E-state index in [9.17, 15) is 5.26 Å². The number of nitrogens with two attached hydrogens (primary N) is 1. The first-order valence-electron chi connectivity index (χ1n) is 7.37. The van der Waals surface area contributed by atoms with Crippen LogP contribution in [0.5, 0.6) is 0 Å². The van der Waals surface area contributed by atoms with Crippen LogP contribution in [0.15, 0.2) is 23.1 Å². The van der Waals surface area contributed by atoms with Gasteiger partial charge in [-0.2, -0.15) is 5.26 Å². The van der Waals surface area contributed by atoms with Crippen molar-refractivity contribution in [2.24, 2.45) is 11.7 Å². The maximum atomic E-state index is 9.52. The molecule has 4 heteroatoms. The maximum Gasteiger partial charge on any atom is 0.103 e. The zero-order valence-electron chi connectivity index (χ0n) is 12.3. The zero-order valence-corrected chi connectivity index (χ0v) is 13.1. The number of nitrogens with zero attached hydrogens (tertiary/aromatic N) is 2. The fraction of sp³-hybridized carbons (Fsp3) is 0.562. The predicted octanol–water partition coefficient (Wildman–Crippen LogP) is 3.23. The van der Waals surface area contributed by atoms with Crippen LogP contribution in [0, 0.1) is 17.2 Å². The molecular weight excluding hydrogens is 266 g/mol. The van der Waals surface area contributed by atoms with Gasteiger partial charge in [0.05, 0.1) is 11.3 Å². The average Bonchev–Trinajstić information content (AvgIpc) is 2.48. The highest BCUT2D eigenvalue weighted by molar-refractivity contribution is 7.99. The van der Waals surface area contributed by atoms with Crippen molar-refractivity contribution in [3.8, 4) is 6.07 Å². The predicted molar refractivity (Wildman–Crippen MR) is 86.1 cm³/mol. The third-order valence-corrected chi connectivity index (χ3v) is 5.01. The van der Waals surface area contributed by atoms with Gasteiger partial charge in [0.15, 0.2) is 0 Å². The van der Waals surface area contributed by atoms with Crippen molar-refractivity contribution in [3.63, 3.8) is 0 Å². The number of nitriles is 1. The summed E-state index contributed by atoms with van der Waals surface area (Å²) in [6.07, 6.45) is 2.11. The number of anilines is 1. The number of thioether (sulfide) groups is 1. The van der Waals surface area contributed by atoms with Crippen molar-refractivity contribution in [1.29, 1.82) is 5.26 Å². The molecule has 0 bridgehead atoms. The molecule has 1 aliphatic rings. The molecule has 0 aliphatic carbocycles. The van der Waals surface area contributed by atoms with Crippen molar-refractivity contribution < 1.29 is 0 Å². The summed E-state index contributed by atoms with van der Waals surface area (Å²) in [5.74, 6) is 1.51. The van der Waals surface area contributed by atoms with Gasteiger partial charge in [-0.05, 0) is 30.2 Å². The highest BCUT2D eigenvalue weighted by atomic mass is 32.2. The van der Waals surface area contributed by atoms with Crippen molar-refractivity contribution in [2.75, 3.05) is 23.7 Å². The summed E-state index contributed by atoms with van der Waals surface area (Å²) in [4.78, 5) is 3.44. The first kappa shape index (κ1) is 15.2. The Hall–Kier alpha value is -1.18. The number of hydrogen-bond donors (Lipinski definition) is 1. The molecule has 1 aromatic carbocycles. The SMILES string of the molecule is CCSc1cccc(N2CCC(N)C(CC)C2)c1C#N. The van der Waals surface area contributed by atoms with E-state index in [0.717, 1.165) is 47.8 Å². The largest absolute Gasteiger partial charge is 0.370 e. The molecule has 1 aromatic rings. The van der Waals surface area contributed by atoms with Crippen LogP contribution in [0.2, 0.25) is 0 Å². The van der Waals surface area contributed by atoms with E-state index in [4.69, 9.17) is 5.73 Å². The first-order chi connectivity index (χ1) is 9.71. The minimum absolute atomic E-state index is 0.301. The van der Waals surface area contributed by atoms with Crippen molar-refractivity contribution in [3.05, 3.63) is 23.8 Å². The first-order valence-corrected chi connectivity index (χ1v) is 8.36. The van der Waals surface area contributed by atoms with Gasteiger partial charge in [0.25, 0.3) is 0 Å². The van der Waals surface area contributed by atoms with E-state index in [1.807, 2.05) is 6.07 Å². The molecule has 0 spiro atoms. The van der Waals surface area contributed by atoms with Crippen LogP contribution in [-0.2, 0) is 0 Å². The fourth-order valence-electron chi connectivity index (χ4n) is 2.87. The van der Waals surface area contributed by atoms with E-state index < -0.39 is 0 Å². The molecule has 2 N–H and O–H groups in total.